The second-order valence-electron chi connectivity index (χ2n) is 2.04. The molecule has 0 N–H and O–H groups in total. The minimum atomic E-state index is 0.157. The Hall–Kier alpha value is -1.22. The zero-order valence-electron chi connectivity index (χ0n) is 5.81. The van der Waals surface area contributed by atoms with E-state index in [0.717, 1.165) is 0 Å². The molecule has 2 nitrogen and oxygen atoms in total. The van der Waals surface area contributed by atoms with Gasteiger partial charge >= 0.3 is 0 Å². The van der Waals surface area contributed by atoms with Crippen molar-refractivity contribution in [1.82, 2.24) is 0 Å². The van der Waals surface area contributed by atoms with E-state index in [2.05, 4.69) is 0 Å². The van der Waals surface area contributed by atoms with Gasteiger partial charge in [-0.25, -0.2) is 0 Å². The van der Waals surface area contributed by atoms with Crippen molar-refractivity contribution in [2.75, 3.05) is 0 Å². The highest BCUT2D eigenvalue weighted by Crippen LogP contribution is 2.24. The third-order valence-electron chi connectivity index (χ3n) is 1.28. The van der Waals surface area contributed by atoms with Crippen LogP contribution in [0.4, 0.5) is 0 Å². The molecule has 0 aromatic heterocycles. The molecule has 58 valence electrons. The highest BCUT2D eigenvalue weighted by molar-refractivity contribution is 6.34. The van der Waals surface area contributed by atoms with Gasteiger partial charge < -0.3 is 0 Å². The summed E-state index contributed by atoms with van der Waals surface area (Å²) in [6.07, 6.45) is 0. The van der Waals surface area contributed by atoms with Crippen LogP contribution in [0.3, 0.4) is 0 Å². The number of benzene rings is 1. The molecule has 12 heavy (non-hydrogen) atoms. The smallest absolute Gasteiger partial charge is 0.101 e. The number of hydrogen-bond acceptors (Lipinski definition) is 2. The predicted octanol–water partition coefficient (Wildman–Crippen LogP) is 2.74. The molecule has 1 aromatic carbocycles. The summed E-state index contributed by atoms with van der Waals surface area (Å²) < 4.78 is 0. The molecule has 0 heterocycles. The maximum atomic E-state index is 8.56. The highest BCUT2D eigenvalue weighted by atomic mass is 35.5. The molecule has 0 radical (unpaired) electrons. The maximum absolute atomic E-state index is 8.56. The molecule has 0 bridgehead atoms. The Morgan fingerprint density at radius 2 is 1.42 bits per heavy atom. The van der Waals surface area contributed by atoms with Crippen LogP contribution in [0.1, 0.15) is 11.1 Å². The summed E-state index contributed by atoms with van der Waals surface area (Å²) in [4.78, 5) is 0. The molecule has 0 atom stereocenters. The summed E-state index contributed by atoms with van der Waals surface area (Å²) in [6, 6.07) is 6.53. The molecule has 0 saturated carbocycles. The second-order valence-corrected chi connectivity index (χ2v) is 2.85. The predicted molar refractivity (Wildman–Crippen MR) is 45.9 cm³/mol. The lowest BCUT2D eigenvalue weighted by Crippen LogP contribution is -1.83. The SMILES string of the molecule is N#Cc1cc(Cl)cc(C#N)c1Cl. The van der Waals surface area contributed by atoms with Crippen molar-refractivity contribution >= 4 is 23.2 Å². The molecule has 1 aromatic rings. The Morgan fingerprint density at radius 3 is 1.75 bits per heavy atom. The molecule has 0 unspecified atom stereocenters. The fourth-order valence-corrected chi connectivity index (χ4v) is 1.16. The molecule has 1 rings (SSSR count). The Morgan fingerprint density at radius 1 is 1.00 bits per heavy atom. The normalized spacial score (nSPS) is 8.67. The van der Waals surface area contributed by atoms with Crippen molar-refractivity contribution < 1.29 is 0 Å². The minimum Gasteiger partial charge on any atom is -0.192 e. The number of hydrogen-bond donors (Lipinski definition) is 0. The van der Waals surface area contributed by atoms with Gasteiger partial charge in [0.1, 0.15) is 12.1 Å². The van der Waals surface area contributed by atoms with E-state index in [9.17, 15) is 0 Å². The van der Waals surface area contributed by atoms with Crippen LogP contribution in [0.15, 0.2) is 12.1 Å². The maximum Gasteiger partial charge on any atom is 0.101 e. The van der Waals surface area contributed by atoms with Gasteiger partial charge in [-0.05, 0) is 12.1 Å². The average Bonchev–Trinajstić information content (AvgIpc) is 2.08. The fourth-order valence-electron chi connectivity index (χ4n) is 0.752. The minimum absolute atomic E-state index is 0.157. The lowest BCUT2D eigenvalue weighted by Gasteiger charge is -1.97. The van der Waals surface area contributed by atoms with E-state index >= 15 is 0 Å². The van der Waals surface area contributed by atoms with Crippen LogP contribution in [0.2, 0.25) is 10.0 Å². The fraction of sp³-hybridized carbons (Fsp3) is 0. The summed E-state index contributed by atoms with van der Waals surface area (Å²) in [5, 5.41) is 17.6. The first-order valence-electron chi connectivity index (χ1n) is 2.98. The molecular formula is C8H2Cl2N2. The molecule has 0 fully saturated rings. The van der Waals surface area contributed by atoms with E-state index in [1.807, 2.05) is 12.1 Å². The van der Waals surface area contributed by atoms with Crippen molar-refractivity contribution in [3.8, 4) is 12.1 Å². The van der Waals surface area contributed by atoms with Crippen molar-refractivity contribution in [1.29, 1.82) is 10.5 Å². The van der Waals surface area contributed by atoms with Gasteiger partial charge in [-0.3, -0.25) is 0 Å². The van der Waals surface area contributed by atoms with Gasteiger partial charge in [-0.1, -0.05) is 23.2 Å². The first-order valence-corrected chi connectivity index (χ1v) is 3.74. The zero-order valence-corrected chi connectivity index (χ0v) is 7.32. The van der Waals surface area contributed by atoms with Gasteiger partial charge in [0.2, 0.25) is 0 Å². The standard InChI is InChI=1S/C8H2Cl2N2/c9-7-1-5(3-11)8(10)6(2-7)4-12/h1-2H. The van der Waals surface area contributed by atoms with Crippen LogP contribution in [0.5, 0.6) is 0 Å². The van der Waals surface area contributed by atoms with Gasteiger partial charge in [0, 0.05) is 5.02 Å². The Labute approximate surface area is 79.6 Å². The lowest BCUT2D eigenvalue weighted by molar-refractivity contribution is 1.45. The summed E-state index contributed by atoms with van der Waals surface area (Å²) in [6.45, 7) is 0. The third kappa shape index (κ3) is 1.51. The van der Waals surface area contributed by atoms with Gasteiger partial charge in [0.05, 0.1) is 16.1 Å². The van der Waals surface area contributed by atoms with Crippen molar-refractivity contribution in [3.05, 3.63) is 33.3 Å². The number of nitriles is 2. The second kappa shape index (κ2) is 3.45. The van der Waals surface area contributed by atoms with Gasteiger partial charge in [0.25, 0.3) is 0 Å². The van der Waals surface area contributed by atoms with Crippen molar-refractivity contribution in [3.63, 3.8) is 0 Å². The molecule has 0 spiro atoms. The third-order valence-corrected chi connectivity index (χ3v) is 1.90. The van der Waals surface area contributed by atoms with Gasteiger partial charge in [0.15, 0.2) is 0 Å². The van der Waals surface area contributed by atoms with Crippen LogP contribution in [-0.2, 0) is 0 Å². The summed E-state index contributed by atoms with van der Waals surface area (Å²) in [5.41, 5.74) is 0.446. The largest absolute Gasteiger partial charge is 0.192 e. The van der Waals surface area contributed by atoms with Gasteiger partial charge in [-0.2, -0.15) is 10.5 Å². The van der Waals surface area contributed by atoms with E-state index in [0.29, 0.717) is 5.02 Å². The lowest BCUT2D eigenvalue weighted by atomic mass is 10.1. The van der Waals surface area contributed by atoms with Crippen molar-refractivity contribution in [2.45, 2.75) is 0 Å². The quantitative estimate of drug-likeness (QED) is 0.641. The molecule has 0 aliphatic rings. The van der Waals surface area contributed by atoms with Gasteiger partial charge in [-0.15, -0.1) is 0 Å². The molecular weight excluding hydrogens is 195 g/mol. The van der Waals surface area contributed by atoms with Crippen LogP contribution in [0, 0.1) is 22.7 Å². The van der Waals surface area contributed by atoms with Crippen LogP contribution >= 0.6 is 23.2 Å². The summed E-state index contributed by atoms with van der Waals surface area (Å²) >= 11 is 11.3. The van der Waals surface area contributed by atoms with Crippen molar-refractivity contribution in [2.24, 2.45) is 0 Å². The number of halogens is 2. The summed E-state index contributed by atoms with van der Waals surface area (Å²) in [7, 11) is 0. The Bertz CT molecular complexity index is 363. The monoisotopic (exact) mass is 196 g/mol. The summed E-state index contributed by atoms with van der Waals surface area (Å²) in [5.74, 6) is 0. The van der Waals surface area contributed by atoms with E-state index in [1.165, 1.54) is 12.1 Å². The number of nitrogens with zero attached hydrogens (tertiary/aromatic N) is 2. The van der Waals surface area contributed by atoms with Crippen LogP contribution < -0.4 is 0 Å². The van der Waals surface area contributed by atoms with E-state index in [-0.39, 0.29) is 16.1 Å². The highest BCUT2D eigenvalue weighted by Gasteiger charge is 2.06. The number of rotatable bonds is 0. The molecule has 0 amide bonds. The molecule has 0 aliphatic heterocycles. The van der Waals surface area contributed by atoms with E-state index in [4.69, 9.17) is 33.7 Å². The van der Waals surface area contributed by atoms with Crippen LogP contribution in [-0.4, -0.2) is 0 Å². The molecule has 0 saturated heterocycles. The molecule has 4 heteroatoms. The Balaban J connectivity index is 3.48. The first kappa shape index (κ1) is 8.87. The topological polar surface area (TPSA) is 47.6 Å². The first-order chi connectivity index (χ1) is 5.69. The zero-order chi connectivity index (χ0) is 9.14. The Kier molecular flexibility index (Phi) is 2.55. The van der Waals surface area contributed by atoms with E-state index in [1.54, 1.807) is 0 Å². The average molecular weight is 197 g/mol. The molecule has 0 aliphatic carbocycles. The van der Waals surface area contributed by atoms with Crippen LogP contribution in [0.25, 0.3) is 0 Å². The van der Waals surface area contributed by atoms with E-state index < -0.39 is 0 Å².